The summed E-state index contributed by atoms with van der Waals surface area (Å²) in [6.07, 6.45) is 0. The van der Waals surface area contributed by atoms with Gasteiger partial charge >= 0.3 is 0 Å². The third-order valence-electron chi connectivity index (χ3n) is 2.70. The summed E-state index contributed by atoms with van der Waals surface area (Å²) in [6.45, 7) is 2.52. The summed E-state index contributed by atoms with van der Waals surface area (Å²) in [4.78, 5) is 11.5. The van der Waals surface area contributed by atoms with Crippen LogP contribution in [0.5, 0.6) is 17.2 Å². The molecule has 2 aromatic rings. The van der Waals surface area contributed by atoms with Crippen LogP contribution in [0.2, 0.25) is 5.02 Å². The van der Waals surface area contributed by atoms with Crippen LogP contribution in [0.25, 0.3) is 0 Å². The first-order valence-corrected chi connectivity index (χ1v) is 7.59. The SMILES string of the molecule is CCOc1ccc(Oc2ccc(Cl)cc2NC(=O)CCl)cc1. The van der Waals surface area contributed by atoms with Crippen LogP contribution >= 0.6 is 23.2 Å². The molecule has 22 heavy (non-hydrogen) atoms. The average Bonchev–Trinajstić information content (AvgIpc) is 2.52. The third kappa shape index (κ3) is 4.55. The van der Waals surface area contributed by atoms with Crippen LogP contribution in [0.1, 0.15) is 6.92 Å². The summed E-state index contributed by atoms with van der Waals surface area (Å²) < 4.78 is 11.1. The minimum absolute atomic E-state index is 0.144. The van der Waals surface area contributed by atoms with Crippen molar-refractivity contribution in [2.24, 2.45) is 0 Å². The highest BCUT2D eigenvalue weighted by Gasteiger charge is 2.09. The molecule has 0 saturated heterocycles. The molecule has 0 aromatic heterocycles. The zero-order valence-electron chi connectivity index (χ0n) is 11.9. The second-order valence-corrected chi connectivity index (χ2v) is 5.03. The standard InChI is InChI=1S/C16H15Cl2NO3/c1-2-21-12-4-6-13(7-5-12)22-15-8-3-11(18)9-14(15)19-16(20)10-17/h3-9H,2,10H2,1H3,(H,19,20). The monoisotopic (exact) mass is 339 g/mol. The fourth-order valence-electron chi connectivity index (χ4n) is 1.77. The number of anilines is 1. The van der Waals surface area contributed by atoms with Crippen LogP contribution in [-0.4, -0.2) is 18.4 Å². The largest absolute Gasteiger partial charge is 0.494 e. The van der Waals surface area contributed by atoms with Gasteiger partial charge in [-0.1, -0.05) is 11.6 Å². The van der Waals surface area contributed by atoms with Gasteiger partial charge in [-0.15, -0.1) is 11.6 Å². The first-order chi connectivity index (χ1) is 10.6. The summed E-state index contributed by atoms with van der Waals surface area (Å²) in [5.41, 5.74) is 0.465. The maximum atomic E-state index is 11.5. The number of nitrogens with one attached hydrogen (secondary N) is 1. The Kier molecular flexibility index (Phi) is 5.92. The van der Waals surface area contributed by atoms with Gasteiger partial charge in [-0.05, 0) is 49.4 Å². The van der Waals surface area contributed by atoms with Crippen molar-refractivity contribution in [1.82, 2.24) is 0 Å². The van der Waals surface area contributed by atoms with E-state index >= 15 is 0 Å². The molecule has 116 valence electrons. The molecule has 0 saturated carbocycles. The van der Waals surface area contributed by atoms with E-state index in [2.05, 4.69) is 5.32 Å². The molecule has 0 radical (unpaired) electrons. The molecule has 0 aliphatic carbocycles. The number of hydrogen-bond acceptors (Lipinski definition) is 3. The Hall–Kier alpha value is -1.91. The predicted molar refractivity (Wildman–Crippen MR) is 88.5 cm³/mol. The Labute approximate surface area is 138 Å². The van der Waals surface area contributed by atoms with Gasteiger partial charge in [-0.2, -0.15) is 0 Å². The van der Waals surface area contributed by atoms with Crippen molar-refractivity contribution in [2.45, 2.75) is 6.92 Å². The number of benzene rings is 2. The van der Waals surface area contributed by atoms with Gasteiger partial charge in [0.1, 0.15) is 17.4 Å². The van der Waals surface area contributed by atoms with Gasteiger partial charge in [-0.25, -0.2) is 0 Å². The first-order valence-electron chi connectivity index (χ1n) is 6.68. The predicted octanol–water partition coefficient (Wildman–Crippen LogP) is 4.71. The molecule has 0 bridgehead atoms. The molecule has 0 aliphatic rings. The molecular formula is C16H15Cl2NO3. The van der Waals surface area contributed by atoms with Crippen LogP contribution in [0.4, 0.5) is 5.69 Å². The van der Waals surface area contributed by atoms with Gasteiger partial charge in [0.2, 0.25) is 5.91 Å². The van der Waals surface area contributed by atoms with Crippen molar-refractivity contribution in [3.63, 3.8) is 0 Å². The summed E-state index contributed by atoms with van der Waals surface area (Å²) in [5, 5.41) is 3.14. The van der Waals surface area contributed by atoms with Crippen LogP contribution in [-0.2, 0) is 4.79 Å². The maximum Gasteiger partial charge on any atom is 0.239 e. The van der Waals surface area contributed by atoms with Gasteiger partial charge in [0.15, 0.2) is 5.75 Å². The smallest absolute Gasteiger partial charge is 0.239 e. The minimum Gasteiger partial charge on any atom is -0.494 e. The molecule has 2 rings (SSSR count). The number of alkyl halides is 1. The van der Waals surface area contributed by atoms with Crippen molar-refractivity contribution in [3.8, 4) is 17.2 Å². The highest BCUT2D eigenvalue weighted by Crippen LogP contribution is 2.32. The molecule has 1 amide bonds. The van der Waals surface area contributed by atoms with E-state index in [1.54, 1.807) is 30.3 Å². The van der Waals surface area contributed by atoms with Crippen molar-refractivity contribution in [2.75, 3.05) is 17.8 Å². The van der Waals surface area contributed by atoms with Crippen LogP contribution in [0.3, 0.4) is 0 Å². The molecule has 1 N–H and O–H groups in total. The zero-order chi connectivity index (χ0) is 15.9. The number of carbonyl (C=O) groups excluding carboxylic acids is 1. The minimum atomic E-state index is -0.333. The molecule has 0 aliphatic heterocycles. The summed E-state index contributed by atoms with van der Waals surface area (Å²) in [6, 6.07) is 12.2. The van der Waals surface area contributed by atoms with Crippen molar-refractivity contribution >= 4 is 34.8 Å². The number of ether oxygens (including phenoxy) is 2. The van der Waals surface area contributed by atoms with Gasteiger partial charge < -0.3 is 14.8 Å². The van der Waals surface area contributed by atoms with Gasteiger partial charge in [0, 0.05) is 5.02 Å². The van der Waals surface area contributed by atoms with E-state index in [-0.39, 0.29) is 11.8 Å². The molecule has 0 unspecified atom stereocenters. The van der Waals surface area contributed by atoms with Gasteiger partial charge in [0.25, 0.3) is 0 Å². The normalized spacial score (nSPS) is 10.1. The van der Waals surface area contributed by atoms with Gasteiger partial charge in [-0.3, -0.25) is 4.79 Å². The summed E-state index contributed by atoms with van der Waals surface area (Å²) >= 11 is 11.4. The summed E-state index contributed by atoms with van der Waals surface area (Å²) in [7, 11) is 0. The molecule has 0 spiro atoms. The lowest BCUT2D eigenvalue weighted by Crippen LogP contribution is -2.13. The Balaban J connectivity index is 2.19. The third-order valence-corrected chi connectivity index (χ3v) is 3.18. The van der Waals surface area contributed by atoms with Crippen LogP contribution in [0.15, 0.2) is 42.5 Å². The van der Waals surface area contributed by atoms with E-state index in [4.69, 9.17) is 32.7 Å². The van der Waals surface area contributed by atoms with E-state index in [1.165, 1.54) is 0 Å². The lowest BCUT2D eigenvalue weighted by molar-refractivity contribution is -0.113. The van der Waals surface area contributed by atoms with E-state index < -0.39 is 0 Å². The zero-order valence-corrected chi connectivity index (χ0v) is 13.4. The summed E-state index contributed by atoms with van der Waals surface area (Å²) in [5.74, 6) is 1.39. The highest BCUT2D eigenvalue weighted by atomic mass is 35.5. The van der Waals surface area contributed by atoms with Gasteiger partial charge in [0.05, 0.1) is 12.3 Å². The molecule has 0 atom stereocenters. The molecule has 2 aromatic carbocycles. The quantitative estimate of drug-likeness (QED) is 0.775. The highest BCUT2D eigenvalue weighted by molar-refractivity contribution is 6.31. The van der Waals surface area contributed by atoms with Crippen LogP contribution in [0, 0.1) is 0 Å². The number of amides is 1. The van der Waals surface area contributed by atoms with E-state index in [9.17, 15) is 4.79 Å². The van der Waals surface area contributed by atoms with Crippen molar-refractivity contribution in [3.05, 3.63) is 47.5 Å². The molecular weight excluding hydrogens is 325 g/mol. The van der Waals surface area contributed by atoms with E-state index in [0.717, 1.165) is 5.75 Å². The number of hydrogen-bond donors (Lipinski definition) is 1. The topological polar surface area (TPSA) is 47.6 Å². The van der Waals surface area contributed by atoms with E-state index in [1.807, 2.05) is 19.1 Å². The average molecular weight is 340 g/mol. The molecule has 0 heterocycles. The molecule has 0 fully saturated rings. The number of rotatable bonds is 6. The number of carbonyl (C=O) groups is 1. The Morgan fingerprint density at radius 1 is 1.14 bits per heavy atom. The first kappa shape index (κ1) is 16.5. The van der Waals surface area contributed by atoms with Crippen molar-refractivity contribution in [1.29, 1.82) is 0 Å². The maximum absolute atomic E-state index is 11.5. The second kappa shape index (κ2) is 7.92. The fraction of sp³-hybridized carbons (Fsp3) is 0.188. The second-order valence-electron chi connectivity index (χ2n) is 4.33. The Bertz CT molecular complexity index is 644. The molecule has 6 heteroatoms. The lowest BCUT2D eigenvalue weighted by Gasteiger charge is -2.12. The van der Waals surface area contributed by atoms with Crippen molar-refractivity contribution < 1.29 is 14.3 Å². The number of halogens is 2. The molecule has 4 nitrogen and oxygen atoms in total. The lowest BCUT2D eigenvalue weighted by atomic mass is 10.2. The Morgan fingerprint density at radius 3 is 2.45 bits per heavy atom. The van der Waals surface area contributed by atoms with E-state index in [0.29, 0.717) is 28.8 Å². The fourth-order valence-corrected chi connectivity index (χ4v) is 2.01. The van der Waals surface area contributed by atoms with Crippen LogP contribution < -0.4 is 14.8 Å². The Morgan fingerprint density at radius 2 is 1.82 bits per heavy atom.